The van der Waals surface area contributed by atoms with E-state index in [9.17, 15) is 4.79 Å². The van der Waals surface area contributed by atoms with Crippen LogP contribution in [0.4, 0.5) is 11.8 Å². The molecule has 31 heavy (non-hydrogen) atoms. The van der Waals surface area contributed by atoms with Gasteiger partial charge in [-0.2, -0.15) is 4.98 Å². The third-order valence-electron chi connectivity index (χ3n) is 6.43. The number of hydrogen-bond acceptors (Lipinski definition) is 7. The first kappa shape index (κ1) is 20.2. The second-order valence-corrected chi connectivity index (χ2v) is 8.50. The lowest BCUT2D eigenvalue weighted by molar-refractivity contribution is 0.0733. The standard InChI is InChI=1S/C23H30N6O2/c1-26-9-11-27(12-10-26)21-19-17-29(22(30)18-5-3-2-4-6-18)8-7-20(19)24-23(25-21)28-13-15-31-16-14-28/h2-6H,7-17H2,1H3. The van der Waals surface area contributed by atoms with Gasteiger partial charge in [0.25, 0.3) is 5.91 Å². The number of anilines is 2. The highest BCUT2D eigenvalue weighted by atomic mass is 16.5. The number of carbonyl (C=O) groups is 1. The molecule has 0 saturated carbocycles. The molecule has 0 bridgehead atoms. The molecule has 2 saturated heterocycles. The molecule has 0 unspecified atom stereocenters. The number of rotatable bonds is 3. The zero-order chi connectivity index (χ0) is 21.2. The van der Waals surface area contributed by atoms with Crippen LogP contribution in [0.5, 0.6) is 0 Å². The van der Waals surface area contributed by atoms with Crippen molar-refractivity contribution in [2.75, 3.05) is 75.9 Å². The van der Waals surface area contributed by atoms with Gasteiger partial charge in [0.1, 0.15) is 5.82 Å². The van der Waals surface area contributed by atoms with E-state index in [-0.39, 0.29) is 5.91 Å². The van der Waals surface area contributed by atoms with E-state index in [0.29, 0.717) is 26.3 Å². The molecular formula is C23H30N6O2. The van der Waals surface area contributed by atoms with E-state index in [4.69, 9.17) is 14.7 Å². The third-order valence-corrected chi connectivity index (χ3v) is 6.43. The fourth-order valence-electron chi connectivity index (χ4n) is 4.51. The number of nitrogens with zero attached hydrogens (tertiary/aromatic N) is 6. The molecule has 0 aliphatic carbocycles. The van der Waals surface area contributed by atoms with Crippen molar-refractivity contribution in [2.45, 2.75) is 13.0 Å². The zero-order valence-electron chi connectivity index (χ0n) is 18.2. The Morgan fingerprint density at radius 2 is 1.65 bits per heavy atom. The minimum atomic E-state index is 0.0767. The van der Waals surface area contributed by atoms with Crippen molar-refractivity contribution in [1.82, 2.24) is 19.8 Å². The maximum absolute atomic E-state index is 13.1. The maximum atomic E-state index is 13.1. The van der Waals surface area contributed by atoms with Gasteiger partial charge in [0.05, 0.1) is 25.5 Å². The molecule has 0 N–H and O–H groups in total. The van der Waals surface area contributed by atoms with Gasteiger partial charge in [-0.15, -0.1) is 0 Å². The van der Waals surface area contributed by atoms with Crippen LogP contribution in [0.3, 0.4) is 0 Å². The van der Waals surface area contributed by atoms with Crippen molar-refractivity contribution >= 4 is 17.7 Å². The lowest BCUT2D eigenvalue weighted by atomic mass is 10.0. The largest absolute Gasteiger partial charge is 0.378 e. The summed E-state index contributed by atoms with van der Waals surface area (Å²) in [5.74, 6) is 1.89. The van der Waals surface area contributed by atoms with E-state index in [1.807, 2.05) is 35.2 Å². The Morgan fingerprint density at radius 1 is 0.903 bits per heavy atom. The molecular weight excluding hydrogens is 392 g/mol. The van der Waals surface area contributed by atoms with Crippen LogP contribution in [0.1, 0.15) is 21.6 Å². The molecule has 3 aliphatic rings. The SMILES string of the molecule is CN1CCN(c2nc(N3CCOCC3)nc3c2CN(C(=O)c2ccccc2)CC3)CC1. The first-order valence-electron chi connectivity index (χ1n) is 11.2. The second-order valence-electron chi connectivity index (χ2n) is 8.50. The molecule has 164 valence electrons. The summed E-state index contributed by atoms with van der Waals surface area (Å²) in [6.45, 7) is 8.21. The van der Waals surface area contributed by atoms with Gasteiger partial charge in [-0.1, -0.05) is 18.2 Å². The topological polar surface area (TPSA) is 65.0 Å². The molecule has 5 rings (SSSR count). The first-order valence-corrected chi connectivity index (χ1v) is 11.2. The van der Waals surface area contributed by atoms with Crippen molar-refractivity contribution in [3.8, 4) is 0 Å². The number of benzene rings is 1. The van der Waals surface area contributed by atoms with E-state index in [2.05, 4.69) is 21.7 Å². The summed E-state index contributed by atoms with van der Waals surface area (Å²) in [4.78, 5) is 32.0. The van der Waals surface area contributed by atoms with Crippen LogP contribution in [0.2, 0.25) is 0 Å². The molecule has 0 radical (unpaired) electrons. The predicted molar refractivity (Wildman–Crippen MR) is 120 cm³/mol. The highest BCUT2D eigenvalue weighted by Gasteiger charge is 2.30. The first-order chi connectivity index (χ1) is 15.2. The Kier molecular flexibility index (Phi) is 5.74. The Balaban J connectivity index is 1.47. The number of fused-ring (bicyclic) bond motifs is 1. The Labute approximate surface area is 183 Å². The van der Waals surface area contributed by atoms with Crippen LogP contribution in [0, 0.1) is 0 Å². The number of piperazine rings is 1. The smallest absolute Gasteiger partial charge is 0.254 e. The minimum Gasteiger partial charge on any atom is -0.378 e. The summed E-state index contributed by atoms with van der Waals surface area (Å²) in [6.07, 6.45) is 0.758. The average Bonchev–Trinajstić information content (AvgIpc) is 2.84. The Morgan fingerprint density at radius 3 is 2.39 bits per heavy atom. The highest BCUT2D eigenvalue weighted by Crippen LogP contribution is 2.30. The molecule has 2 fully saturated rings. The second kappa shape index (κ2) is 8.80. The van der Waals surface area contributed by atoms with E-state index < -0.39 is 0 Å². The summed E-state index contributed by atoms with van der Waals surface area (Å²) < 4.78 is 5.52. The summed E-state index contributed by atoms with van der Waals surface area (Å²) in [5.41, 5.74) is 2.93. The van der Waals surface area contributed by atoms with Gasteiger partial charge >= 0.3 is 0 Å². The van der Waals surface area contributed by atoms with E-state index in [0.717, 1.165) is 74.3 Å². The summed E-state index contributed by atoms with van der Waals surface area (Å²) >= 11 is 0. The third kappa shape index (κ3) is 4.22. The maximum Gasteiger partial charge on any atom is 0.254 e. The monoisotopic (exact) mass is 422 g/mol. The van der Waals surface area contributed by atoms with Crippen LogP contribution < -0.4 is 9.80 Å². The summed E-state index contributed by atoms with van der Waals surface area (Å²) in [6, 6.07) is 9.54. The fourth-order valence-corrected chi connectivity index (χ4v) is 4.51. The molecule has 0 atom stereocenters. The molecule has 1 aromatic heterocycles. The van der Waals surface area contributed by atoms with Crippen molar-refractivity contribution in [3.63, 3.8) is 0 Å². The highest BCUT2D eigenvalue weighted by molar-refractivity contribution is 5.94. The van der Waals surface area contributed by atoms with Crippen molar-refractivity contribution in [2.24, 2.45) is 0 Å². The van der Waals surface area contributed by atoms with Gasteiger partial charge in [0, 0.05) is 63.4 Å². The quantitative estimate of drug-likeness (QED) is 0.738. The Bertz CT molecular complexity index is 923. The number of hydrogen-bond donors (Lipinski definition) is 0. The number of morpholine rings is 1. The number of carbonyl (C=O) groups excluding carboxylic acids is 1. The molecule has 8 heteroatoms. The van der Waals surface area contributed by atoms with E-state index >= 15 is 0 Å². The van der Waals surface area contributed by atoms with Gasteiger partial charge in [-0.25, -0.2) is 4.98 Å². The van der Waals surface area contributed by atoms with Crippen molar-refractivity contribution < 1.29 is 9.53 Å². The van der Waals surface area contributed by atoms with Crippen LogP contribution in [-0.4, -0.2) is 91.7 Å². The van der Waals surface area contributed by atoms with Gasteiger partial charge < -0.3 is 24.3 Å². The lowest BCUT2D eigenvalue weighted by Gasteiger charge is -2.38. The molecule has 1 aromatic carbocycles. The fraction of sp³-hybridized carbons (Fsp3) is 0.522. The van der Waals surface area contributed by atoms with Gasteiger partial charge in [0.15, 0.2) is 0 Å². The van der Waals surface area contributed by atoms with Crippen LogP contribution >= 0.6 is 0 Å². The summed E-state index contributed by atoms with van der Waals surface area (Å²) in [5, 5.41) is 0. The van der Waals surface area contributed by atoms with Crippen molar-refractivity contribution in [3.05, 3.63) is 47.2 Å². The average molecular weight is 423 g/mol. The van der Waals surface area contributed by atoms with Crippen molar-refractivity contribution in [1.29, 1.82) is 0 Å². The normalized spacial score (nSPS) is 20.0. The number of ether oxygens (including phenoxy) is 1. The summed E-state index contributed by atoms with van der Waals surface area (Å²) in [7, 11) is 2.16. The number of likely N-dealkylation sites (N-methyl/N-ethyl adjacent to an activating group) is 1. The van der Waals surface area contributed by atoms with Crippen LogP contribution in [0.25, 0.3) is 0 Å². The molecule has 8 nitrogen and oxygen atoms in total. The van der Waals surface area contributed by atoms with Crippen LogP contribution in [-0.2, 0) is 17.7 Å². The number of amides is 1. The Hall–Kier alpha value is -2.71. The molecule has 1 amide bonds. The van der Waals surface area contributed by atoms with Gasteiger partial charge in [-0.3, -0.25) is 4.79 Å². The van der Waals surface area contributed by atoms with Gasteiger partial charge in [-0.05, 0) is 19.2 Å². The zero-order valence-corrected chi connectivity index (χ0v) is 18.2. The molecule has 3 aliphatic heterocycles. The number of aromatic nitrogens is 2. The van der Waals surface area contributed by atoms with Crippen LogP contribution in [0.15, 0.2) is 30.3 Å². The van der Waals surface area contributed by atoms with E-state index in [1.165, 1.54) is 0 Å². The van der Waals surface area contributed by atoms with Gasteiger partial charge in [0.2, 0.25) is 5.95 Å². The van der Waals surface area contributed by atoms with E-state index in [1.54, 1.807) is 0 Å². The lowest BCUT2D eigenvalue weighted by Crippen LogP contribution is -2.46. The minimum absolute atomic E-state index is 0.0767. The molecule has 2 aromatic rings. The molecule has 4 heterocycles. The molecule has 0 spiro atoms. The predicted octanol–water partition coefficient (Wildman–Crippen LogP) is 1.26.